The normalized spacial score (nSPS) is 29.9. The summed E-state index contributed by atoms with van der Waals surface area (Å²) in [7, 11) is 0. The molecule has 2 fully saturated rings. The minimum absolute atomic E-state index is 0.0642. The van der Waals surface area contributed by atoms with Crippen molar-refractivity contribution in [3.8, 4) is 28.7 Å². The molecule has 7 heteroatoms. The van der Waals surface area contributed by atoms with Gasteiger partial charge in [-0.25, -0.2) is 0 Å². The Balaban J connectivity index is 1.29. The summed E-state index contributed by atoms with van der Waals surface area (Å²) < 4.78 is 33.9. The molecule has 0 saturated carbocycles. The molecule has 2 unspecified atom stereocenters. The van der Waals surface area contributed by atoms with Gasteiger partial charge in [0.2, 0.25) is 13.6 Å². The van der Waals surface area contributed by atoms with E-state index in [2.05, 4.69) is 0 Å². The number of ether oxygens (including phenoxy) is 6. The van der Waals surface area contributed by atoms with Crippen LogP contribution in [0.4, 0.5) is 0 Å². The third-order valence-electron chi connectivity index (χ3n) is 5.82. The first-order chi connectivity index (χ1) is 13.3. The van der Waals surface area contributed by atoms with Crippen molar-refractivity contribution in [1.29, 1.82) is 0 Å². The fraction of sp³-hybridized carbons (Fsp3) is 0.400. The molecule has 0 spiro atoms. The van der Waals surface area contributed by atoms with Gasteiger partial charge in [0.15, 0.2) is 23.0 Å². The summed E-state index contributed by atoms with van der Waals surface area (Å²) in [6.45, 7) is 1.57. The van der Waals surface area contributed by atoms with Crippen LogP contribution in [0.5, 0.6) is 28.7 Å². The number of hydrogen-bond acceptors (Lipinski definition) is 7. The average molecular weight is 370 g/mol. The summed E-state index contributed by atoms with van der Waals surface area (Å²) in [5.74, 6) is 3.25. The summed E-state index contributed by atoms with van der Waals surface area (Å²) in [6.07, 6.45) is -0.297. The van der Waals surface area contributed by atoms with Gasteiger partial charge >= 0.3 is 0 Å². The summed E-state index contributed by atoms with van der Waals surface area (Å²) in [6, 6.07) is 9.34. The van der Waals surface area contributed by atoms with Crippen LogP contribution >= 0.6 is 0 Å². The second-order valence-corrected chi connectivity index (χ2v) is 7.21. The van der Waals surface area contributed by atoms with Crippen molar-refractivity contribution in [2.45, 2.75) is 12.2 Å². The number of phenolic OH excluding ortho intramolecular Hbond substituents is 1. The number of phenols is 1. The molecule has 2 saturated heterocycles. The smallest absolute Gasteiger partial charge is 0.231 e. The Morgan fingerprint density at radius 3 is 2.15 bits per heavy atom. The van der Waals surface area contributed by atoms with Crippen molar-refractivity contribution in [3.63, 3.8) is 0 Å². The number of benzene rings is 2. The quantitative estimate of drug-likeness (QED) is 0.871. The Morgan fingerprint density at radius 1 is 0.704 bits per heavy atom. The standard InChI is InChI=1S/C20H18O7/c21-14-5-18-17(26-9-27-18)4-11(14)20-13-7-22-19(12(13)6-23-20)10-1-2-15-16(3-10)25-8-24-15/h1-5,12-13,19-21H,6-9H2/t12-,13-,19?,20?/m0/s1. The Labute approximate surface area is 155 Å². The number of aromatic hydroxyl groups is 1. The fourth-order valence-corrected chi connectivity index (χ4v) is 4.48. The molecule has 0 aromatic heterocycles. The molecule has 2 aromatic rings. The molecule has 0 aliphatic carbocycles. The molecular weight excluding hydrogens is 352 g/mol. The first-order valence-corrected chi connectivity index (χ1v) is 9.03. The lowest BCUT2D eigenvalue weighted by Crippen LogP contribution is -2.14. The highest BCUT2D eigenvalue weighted by atomic mass is 16.7. The van der Waals surface area contributed by atoms with Crippen molar-refractivity contribution in [1.82, 2.24) is 0 Å². The molecule has 140 valence electrons. The van der Waals surface area contributed by atoms with Crippen molar-refractivity contribution < 1.29 is 33.5 Å². The van der Waals surface area contributed by atoms with Crippen LogP contribution in [-0.2, 0) is 9.47 Å². The van der Waals surface area contributed by atoms with E-state index in [4.69, 9.17) is 28.4 Å². The number of rotatable bonds is 2. The van der Waals surface area contributed by atoms with E-state index in [1.165, 1.54) is 0 Å². The third-order valence-corrected chi connectivity index (χ3v) is 5.82. The van der Waals surface area contributed by atoms with Gasteiger partial charge in [0.25, 0.3) is 0 Å². The van der Waals surface area contributed by atoms with Crippen LogP contribution in [-0.4, -0.2) is 31.9 Å². The monoisotopic (exact) mass is 370 g/mol. The Kier molecular flexibility index (Phi) is 3.24. The van der Waals surface area contributed by atoms with E-state index in [0.717, 1.165) is 22.6 Å². The predicted octanol–water partition coefficient (Wildman–Crippen LogP) is 2.92. The highest BCUT2D eigenvalue weighted by Gasteiger charge is 2.49. The minimum atomic E-state index is -0.233. The number of hydrogen-bond donors (Lipinski definition) is 1. The van der Waals surface area contributed by atoms with Crippen LogP contribution in [0, 0.1) is 11.8 Å². The zero-order chi connectivity index (χ0) is 18.0. The molecule has 6 rings (SSSR count). The van der Waals surface area contributed by atoms with E-state index < -0.39 is 0 Å². The molecular formula is C20H18O7. The van der Waals surface area contributed by atoms with Gasteiger partial charge in [0.1, 0.15) is 5.75 Å². The van der Waals surface area contributed by atoms with Gasteiger partial charge in [-0.15, -0.1) is 0 Å². The van der Waals surface area contributed by atoms with Crippen molar-refractivity contribution in [3.05, 3.63) is 41.5 Å². The van der Waals surface area contributed by atoms with E-state index in [1.54, 1.807) is 6.07 Å². The topological polar surface area (TPSA) is 75.6 Å². The van der Waals surface area contributed by atoms with E-state index in [-0.39, 0.29) is 43.4 Å². The molecule has 27 heavy (non-hydrogen) atoms. The molecule has 1 N–H and O–H groups in total. The molecule has 0 radical (unpaired) electrons. The zero-order valence-electron chi connectivity index (χ0n) is 14.4. The van der Waals surface area contributed by atoms with Crippen LogP contribution in [0.25, 0.3) is 0 Å². The lowest BCUT2D eigenvalue weighted by molar-refractivity contribution is 0.0185. The van der Waals surface area contributed by atoms with Gasteiger partial charge in [0.05, 0.1) is 25.4 Å². The highest BCUT2D eigenvalue weighted by Crippen LogP contribution is 2.53. The SMILES string of the molecule is Oc1cc2c(cc1C1OC[C@@H]3C(c4ccc5c(c4)OCO5)OC[C@H]13)OCO2. The molecule has 2 aromatic carbocycles. The Morgan fingerprint density at radius 2 is 1.33 bits per heavy atom. The second kappa shape index (κ2) is 5.68. The molecule has 4 aliphatic rings. The molecule has 4 aliphatic heterocycles. The van der Waals surface area contributed by atoms with Gasteiger partial charge in [-0.05, 0) is 23.8 Å². The van der Waals surface area contributed by atoms with E-state index in [0.29, 0.717) is 24.7 Å². The van der Waals surface area contributed by atoms with Gasteiger partial charge in [-0.2, -0.15) is 0 Å². The molecule has 4 atom stereocenters. The Bertz CT molecular complexity index is 911. The summed E-state index contributed by atoms with van der Waals surface area (Å²) >= 11 is 0. The summed E-state index contributed by atoms with van der Waals surface area (Å²) in [5.41, 5.74) is 1.78. The summed E-state index contributed by atoms with van der Waals surface area (Å²) in [5, 5.41) is 10.5. The molecule has 7 nitrogen and oxygen atoms in total. The third kappa shape index (κ3) is 2.28. The second-order valence-electron chi connectivity index (χ2n) is 7.21. The summed E-state index contributed by atoms with van der Waals surface area (Å²) in [4.78, 5) is 0. The Hall–Kier alpha value is -2.64. The van der Waals surface area contributed by atoms with Crippen LogP contribution in [0.3, 0.4) is 0 Å². The van der Waals surface area contributed by atoms with Crippen LogP contribution in [0.1, 0.15) is 23.3 Å². The maximum absolute atomic E-state index is 10.5. The molecule has 0 amide bonds. The highest BCUT2D eigenvalue weighted by molar-refractivity contribution is 5.52. The van der Waals surface area contributed by atoms with Crippen molar-refractivity contribution in [2.75, 3.05) is 26.8 Å². The molecule has 4 heterocycles. The van der Waals surface area contributed by atoms with Gasteiger partial charge < -0.3 is 33.5 Å². The first-order valence-electron chi connectivity index (χ1n) is 9.03. The average Bonchev–Trinajstić information content (AvgIpc) is 3.43. The van der Waals surface area contributed by atoms with Crippen LogP contribution < -0.4 is 18.9 Å². The lowest BCUT2D eigenvalue weighted by atomic mass is 9.84. The van der Waals surface area contributed by atoms with E-state index >= 15 is 0 Å². The fourth-order valence-electron chi connectivity index (χ4n) is 4.48. The largest absolute Gasteiger partial charge is 0.507 e. The van der Waals surface area contributed by atoms with Crippen LogP contribution in [0.2, 0.25) is 0 Å². The number of fused-ring (bicyclic) bond motifs is 3. The van der Waals surface area contributed by atoms with Crippen molar-refractivity contribution >= 4 is 0 Å². The van der Waals surface area contributed by atoms with Gasteiger partial charge in [-0.3, -0.25) is 0 Å². The van der Waals surface area contributed by atoms with Gasteiger partial charge in [0, 0.05) is 23.5 Å². The maximum Gasteiger partial charge on any atom is 0.231 e. The maximum atomic E-state index is 10.5. The van der Waals surface area contributed by atoms with Gasteiger partial charge in [-0.1, -0.05) is 6.07 Å². The van der Waals surface area contributed by atoms with E-state index in [1.807, 2.05) is 24.3 Å². The predicted molar refractivity (Wildman–Crippen MR) is 91.2 cm³/mol. The van der Waals surface area contributed by atoms with Crippen LogP contribution in [0.15, 0.2) is 30.3 Å². The molecule has 0 bridgehead atoms. The zero-order valence-corrected chi connectivity index (χ0v) is 14.4. The van der Waals surface area contributed by atoms with E-state index in [9.17, 15) is 5.11 Å². The van der Waals surface area contributed by atoms with Crippen molar-refractivity contribution in [2.24, 2.45) is 11.8 Å². The first kappa shape index (κ1) is 15.4. The lowest BCUT2D eigenvalue weighted by Gasteiger charge is -2.18. The minimum Gasteiger partial charge on any atom is -0.507 e.